The van der Waals surface area contributed by atoms with Gasteiger partial charge in [-0.25, -0.2) is 0 Å². The van der Waals surface area contributed by atoms with E-state index in [0.717, 1.165) is 78.2 Å². The van der Waals surface area contributed by atoms with Gasteiger partial charge in [-0.05, 0) is 25.8 Å². The van der Waals surface area contributed by atoms with Crippen molar-refractivity contribution in [3.05, 3.63) is 0 Å². The quantitative estimate of drug-likeness (QED) is 0.399. The average molecular weight is 383 g/mol. The van der Waals surface area contributed by atoms with Crippen LogP contribution in [0.2, 0.25) is 0 Å². The highest BCUT2D eigenvalue weighted by molar-refractivity contribution is 5.74. The molecular weight excluding hydrogens is 348 g/mol. The number of rotatable bonds is 7. The molecule has 0 aromatic rings. The lowest BCUT2D eigenvalue weighted by atomic mass is 10.0. The van der Waals surface area contributed by atoms with Gasteiger partial charge in [-0.1, -0.05) is 0 Å². The average Bonchev–Trinajstić information content (AvgIpc) is 3.11. The van der Waals surface area contributed by atoms with Crippen LogP contribution in [0.3, 0.4) is 0 Å². The summed E-state index contributed by atoms with van der Waals surface area (Å²) in [5.74, 6) is -0.519. The number of carbonyl (C=O) groups is 1. The van der Waals surface area contributed by atoms with E-state index in [9.17, 15) is 4.79 Å². The summed E-state index contributed by atoms with van der Waals surface area (Å²) in [6.45, 7) is 9.38. The van der Waals surface area contributed by atoms with Crippen LogP contribution in [0.15, 0.2) is 0 Å². The number of hydrogen-bond donors (Lipinski definition) is 3. The Morgan fingerprint density at radius 3 is 2.41 bits per heavy atom. The van der Waals surface area contributed by atoms with Crippen LogP contribution >= 0.6 is 0 Å². The van der Waals surface area contributed by atoms with Gasteiger partial charge in [-0.15, -0.1) is 0 Å². The smallest absolute Gasteiger partial charge is 0.303 e. The number of piperazine rings is 1. The molecule has 3 saturated heterocycles. The molecule has 0 saturated carbocycles. The molecule has 3 aliphatic rings. The summed E-state index contributed by atoms with van der Waals surface area (Å²) < 4.78 is 6.04. The molecule has 154 valence electrons. The predicted molar refractivity (Wildman–Crippen MR) is 103 cm³/mol. The van der Waals surface area contributed by atoms with Crippen LogP contribution in [0.25, 0.3) is 0 Å². The Morgan fingerprint density at radius 1 is 1.11 bits per heavy atom. The van der Waals surface area contributed by atoms with Crippen LogP contribution in [0.1, 0.15) is 25.7 Å². The van der Waals surface area contributed by atoms with Crippen molar-refractivity contribution in [2.75, 3.05) is 65.6 Å². The van der Waals surface area contributed by atoms with Crippen molar-refractivity contribution in [3.63, 3.8) is 0 Å². The van der Waals surface area contributed by atoms with E-state index in [1.165, 1.54) is 0 Å². The van der Waals surface area contributed by atoms with Crippen molar-refractivity contribution in [2.24, 2.45) is 5.73 Å². The lowest BCUT2D eigenvalue weighted by Crippen LogP contribution is -2.50. The molecule has 1 unspecified atom stereocenters. The minimum Gasteiger partial charge on any atom is -0.481 e. The van der Waals surface area contributed by atoms with Crippen LogP contribution in [-0.4, -0.2) is 114 Å². The number of guanidine groups is 1. The van der Waals surface area contributed by atoms with Crippen molar-refractivity contribution in [2.45, 2.75) is 37.8 Å². The fourth-order valence-electron chi connectivity index (χ4n) is 4.34. The van der Waals surface area contributed by atoms with Crippen LogP contribution in [-0.2, 0) is 9.53 Å². The number of carboxylic acids is 1. The van der Waals surface area contributed by atoms with Gasteiger partial charge in [0.25, 0.3) is 0 Å². The molecule has 0 amide bonds. The first-order chi connectivity index (χ1) is 13.0. The van der Waals surface area contributed by atoms with Gasteiger partial charge in [0.2, 0.25) is 0 Å². The Hall–Kier alpha value is -1.42. The maximum absolute atomic E-state index is 10.6. The minimum absolute atomic E-state index is 0.186. The van der Waals surface area contributed by atoms with Crippen molar-refractivity contribution in [1.82, 2.24) is 19.6 Å². The number of nitrogens with two attached hydrogens (primary N) is 1. The molecule has 0 bridgehead atoms. The molecule has 0 aliphatic carbocycles. The summed E-state index contributed by atoms with van der Waals surface area (Å²) in [6.07, 6.45) is 3.36. The molecule has 3 aliphatic heterocycles. The Balaban J connectivity index is 1.31. The van der Waals surface area contributed by atoms with Gasteiger partial charge in [0.05, 0.1) is 12.8 Å². The molecule has 9 nitrogen and oxygen atoms in total. The lowest BCUT2D eigenvalue weighted by molar-refractivity contribution is -0.137. The van der Waals surface area contributed by atoms with Gasteiger partial charge in [-0.2, -0.15) is 0 Å². The highest BCUT2D eigenvalue weighted by atomic mass is 16.5. The van der Waals surface area contributed by atoms with E-state index < -0.39 is 5.97 Å². The lowest BCUT2D eigenvalue weighted by Gasteiger charge is -2.37. The van der Waals surface area contributed by atoms with Gasteiger partial charge in [-0.3, -0.25) is 20.0 Å². The van der Waals surface area contributed by atoms with E-state index in [0.29, 0.717) is 12.8 Å². The predicted octanol–water partition coefficient (Wildman–Crippen LogP) is -0.515. The number of carboxylic acid groups (broad SMARTS) is 1. The maximum Gasteiger partial charge on any atom is 0.303 e. The molecule has 1 atom stereocenters. The molecule has 3 rings (SSSR count). The van der Waals surface area contributed by atoms with Crippen molar-refractivity contribution < 1.29 is 14.6 Å². The molecule has 0 radical (unpaired) electrons. The second kappa shape index (κ2) is 9.68. The van der Waals surface area contributed by atoms with Gasteiger partial charge in [0.15, 0.2) is 5.96 Å². The molecule has 27 heavy (non-hydrogen) atoms. The zero-order chi connectivity index (χ0) is 19.2. The second-order valence-corrected chi connectivity index (χ2v) is 7.93. The van der Waals surface area contributed by atoms with Gasteiger partial charge in [0.1, 0.15) is 0 Å². The van der Waals surface area contributed by atoms with Crippen LogP contribution in [0.4, 0.5) is 0 Å². The normalized spacial score (nSPS) is 26.5. The molecule has 0 aromatic heterocycles. The first kappa shape index (κ1) is 20.3. The van der Waals surface area contributed by atoms with Crippen LogP contribution in [0.5, 0.6) is 0 Å². The number of aliphatic carboxylic acids is 1. The third-order valence-corrected chi connectivity index (χ3v) is 6.03. The van der Waals surface area contributed by atoms with Crippen molar-refractivity contribution >= 4 is 11.9 Å². The van der Waals surface area contributed by atoms with E-state index in [1.54, 1.807) is 0 Å². The monoisotopic (exact) mass is 382 g/mol. The molecule has 9 heteroatoms. The number of nitrogens with one attached hydrogen (secondary N) is 1. The number of piperidine rings is 1. The number of likely N-dealkylation sites (tertiary alicyclic amines) is 1. The molecule has 4 N–H and O–H groups in total. The first-order valence-corrected chi connectivity index (χ1v) is 10.1. The summed E-state index contributed by atoms with van der Waals surface area (Å²) >= 11 is 0. The fourth-order valence-corrected chi connectivity index (χ4v) is 4.34. The fraction of sp³-hybridized carbons (Fsp3) is 0.889. The Bertz CT molecular complexity index is 503. The first-order valence-electron chi connectivity index (χ1n) is 10.1. The van der Waals surface area contributed by atoms with E-state index >= 15 is 0 Å². The summed E-state index contributed by atoms with van der Waals surface area (Å²) in [5.41, 5.74) is 5.58. The molecule has 0 spiro atoms. The third kappa shape index (κ3) is 6.03. The van der Waals surface area contributed by atoms with Crippen molar-refractivity contribution in [1.29, 1.82) is 5.41 Å². The number of nitrogens with zero attached hydrogens (tertiary/aromatic N) is 4. The summed E-state index contributed by atoms with van der Waals surface area (Å²) in [5, 5.41) is 16.3. The number of ether oxygens (including phenoxy) is 1. The zero-order valence-electron chi connectivity index (χ0n) is 16.2. The molecular formula is C18H34N6O3. The van der Waals surface area contributed by atoms with Gasteiger partial charge >= 0.3 is 5.97 Å². The van der Waals surface area contributed by atoms with Crippen LogP contribution < -0.4 is 5.73 Å². The zero-order valence-corrected chi connectivity index (χ0v) is 16.2. The minimum atomic E-state index is -0.705. The Labute approximate surface area is 161 Å². The van der Waals surface area contributed by atoms with E-state index in [1.807, 2.05) is 4.90 Å². The van der Waals surface area contributed by atoms with E-state index in [4.69, 9.17) is 21.0 Å². The summed E-state index contributed by atoms with van der Waals surface area (Å²) in [6, 6.07) is 0.539. The highest BCUT2D eigenvalue weighted by Crippen LogP contribution is 2.21. The summed E-state index contributed by atoms with van der Waals surface area (Å²) in [7, 11) is 0. The van der Waals surface area contributed by atoms with E-state index in [2.05, 4.69) is 14.7 Å². The van der Waals surface area contributed by atoms with E-state index in [-0.39, 0.29) is 18.5 Å². The van der Waals surface area contributed by atoms with Gasteiger partial charge < -0.3 is 25.4 Å². The SMILES string of the molecule is N=C(N)N1CCC(N2COC(CN3CCN(CCCC(=O)O)CC3)C2)CC1. The molecule has 3 fully saturated rings. The molecule has 0 aromatic carbocycles. The van der Waals surface area contributed by atoms with Gasteiger partial charge in [0, 0.05) is 64.8 Å². The highest BCUT2D eigenvalue weighted by Gasteiger charge is 2.32. The third-order valence-electron chi connectivity index (χ3n) is 6.03. The molecule has 3 heterocycles. The largest absolute Gasteiger partial charge is 0.481 e. The Morgan fingerprint density at radius 2 is 1.78 bits per heavy atom. The van der Waals surface area contributed by atoms with Crippen LogP contribution in [0, 0.1) is 5.41 Å². The Kier molecular flexibility index (Phi) is 7.28. The second-order valence-electron chi connectivity index (χ2n) is 7.93. The standard InChI is InChI=1S/C18H34N6O3/c19-18(20)23-6-3-15(4-7-23)24-13-16(27-14-24)12-22-10-8-21(9-11-22)5-1-2-17(25)26/h15-16H,1-14H2,(H3,19,20)(H,25,26). The summed E-state index contributed by atoms with van der Waals surface area (Å²) in [4.78, 5) is 19.8. The topological polar surface area (TPSA) is 109 Å². The number of hydrogen-bond acceptors (Lipinski definition) is 6. The van der Waals surface area contributed by atoms with Crippen molar-refractivity contribution in [3.8, 4) is 0 Å². The maximum atomic E-state index is 10.6.